The highest BCUT2D eigenvalue weighted by Gasteiger charge is 2.16. The molecular formula is C14H24N4O. The van der Waals surface area contributed by atoms with Gasteiger partial charge in [0.05, 0.1) is 5.69 Å². The number of amides is 1. The molecule has 5 heteroatoms. The molecule has 0 unspecified atom stereocenters. The maximum Gasteiger partial charge on any atom is 0.223 e. The molecular weight excluding hydrogens is 240 g/mol. The van der Waals surface area contributed by atoms with Crippen molar-refractivity contribution in [3.05, 3.63) is 18.0 Å². The van der Waals surface area contributed by atoms with Crippen molar-refractivity contribution in [1.82, 2.24) is 20.0 Å². The highest BCUT2D eigenvalue weighted by atomic mass is 16.2. The zero-order valence-electron chi connectivity index (χ0n) is 11.9. The summed E-state index contributed by atoms with van der Waals surface area (Å²) in [5.41, 5.74) is 1.03. The van der Waals surface area contributed by atoms with Crippen LogP contribution in [0.3, 0.4) is 0 Å². The van der Waals surface area contributed by atoms with Crippen LogP contribution in [0.1, 0.15) is 44.8 Å². The maximum absolute atomic E-state index is 11.8. The Balaban J connectivity index is 1.64. The van der Waals surface area contributed by atoms with E-state index in [0.717, 1.165) is 44.7 Å². The van der Waals surface area contributed by atoms with Crippen molar-refractivity contribution < 1.29 is 4.79 Å². The molecule has 0 saturated carbocycles. The normalized spacial score (nSPS) is 15.4. The Morgan fingerprint density at radius 1 is 1.42 bits per heavy atom. The van der Waals surface area contributed by atoms with Gasteiger partial charge in [0.1, 0.15) is 0 Å². The van der Waals surface area contributed by atoms with E-state index in [-0.39, 0.29) is 5.91 Å². The molecule has 1 aliphatic heterocycles. The van der Waals surface area contributed by atoms with Crippen LogP contribution in [0.4, 0.5) is 0 Å². The molecule has 1 aromatic heterocycles. The van der Waals surface area contributed by atoms with Gasteiger partial charge in [-0.2, -0.15) is 5.10 Å². The minimum absolute atomic E-state index is 0.276. The van der Waals surface area contributed by atoms with Gasteiger partial charge in [-0.05, 0) is 32.8 Å². The number of carbonyl (C=O) groups excluding carboxylic acids is 1. The van der Waals surface area contributed by atoms with Crippen LogP contribution < -0.4 is 5.32 Å². The van der Waals surface area contributed by atoms with Gasteiger partial charge < -0.3 is 10.2 Å². The number of carbonyl (C=O) groups is 1. The molecule has 2 heterocycles. The smallest absolute Gasteiger partial charge is 0.223 e. The summed E-state index contributed by atoms with van der Waals surface area (Å²) in [4.78, 5) is 13.8. The Kier molecular flexibility index (Phi) is 4.96. The van der Waals surface area contributed by atoms with Crippen molar-refractivity contribution >= 4 is 5.91 Å². The highest BCUT2D eigenvalue weighted by Crippen LogP contribution is 2.08. The number of nitrogens with one attached hydrogen (secondary N) is 1. The lowest BCUT2D eigenvalue weighted by atomic mass is 10.3. The summed E-state index contributed by atoms with van der Waals surface area (Å²) in [6, 6.07) is 2.42. The van der Waals surface area contributed by atoms with Crippen molar-refractivity contribution in [2.45, 2.75) is 45.7 Å². The minimum Gasteiger partial charge on any atom is -0.343 e. The van der Waals surface area contributed by atoms with E-state index < -0.39 is 0 Å². The zero-order valence-corrected chi connectivity index (χ0v) is 11.9. The number of hydrogen-bond acceptors (Lipinski definition) is 3. The second kappa shape index (κ2) is 6.70. The predicted molar refractivity (Wildman–Crippen MR) is 74.7 cm³/mol. The SMILES string of the molecule is CC(C)n1ccc(CNCCC(=O)N2CCCC2)n1. The maximum atomic E-state index is 11.8. The van der Waals surface area contributed by atoms with Crippen LogP contribution in [0.5, 0.6) is 0 Å². The molecule has 0 radical (unpaired) electrons. The van der Waals surface area contributed by atoms with Gasteiger partial charge in [0, 0.05) is 44.8 Å². The number of likely N-dealkylation sites (tertiary alicyclic amines) is 1. The summed E-state index contributed by atoms with van der Waals surface area (Å²) in [6.07, 6.45) is 4.90. The number of aromatic nitrogens is 2. The van der Waals surface area contributed by atoms with Crippen LogP contribution >= 0.6 is 0 Å². The Labute approximate surface area is 115 Å². The predicted octanol–water partition coefficient (Wildman–Crippen LogP) is 1.57. The first-order valence-corrected chi connectivity index (χ1v) is 7.19. The van der Waals surface area contributed by atoms with E-state index in [1.165, 1.54) is 0 Å². The molecule has 0 atom stereocenters. The third kappa shape index (κ3) is 4.06. The zero-order chi connectivity index (χ0) is 13.7. The quantitative estimate of drug-likeness (QED) is 0.793. The Hall–Kier alpha value is -1.36. The summed E-state index contributed by atoms with van der Waals surface area (Å²) in [7, 11) is 0. The highest BCUT2D eigenvalue weighted by molar-refractivity contribution is 5.76. The Bertz CT molecular complexity index is 407. The van der Waals surface area contributed by atoms with Crippen molar-refractivity contribution in [2.24, 2.45) is 0 Å². The molecule has 5 nitrogen and oxygen atoms in total. The van der Waals surface area contributed by atoms with Gasteiger partial charge in [-0.15, -0.1) is 0 Å². The van der Waals surface area contributed by atoms with Crippen LogP contribution in [-0.4, -0.2) is 40.2 Å². The lowest BCUT2D eigenvalue weighted by Crippen LogP contribution is -2.30. The van der Waals surface area contributed by atoms with Gasteiger partial charge in [-0.1, -0.05) is 0 Å². The first kappa shape index (κ1) is 14.1. The minimum atomic E-state index is 0.276. The average Bonchev–Trinajstić information content (AvgIpc) is 3.05. The van der Waals surface area contributed by atoms with E-state index in [1.54, 1.807) is 0 Å². The first-order chi connectivity index (χ1) is 9.16. The monoisotopic (exact) mass is 264 g/mol. The van der Waals surface area contributed by atoms with Gasteiger partial charge >= 0.3 is 0 Å². The summed E-state index contributed by atoms with van der Waals surface area (Å²) in [5, 5.41) is 7.75. The molecule has 0 spiro atoms. The molecule has 19 heavy (non-hydrogen) atoms. The fraction of sp³-hybridized carbons (Fsp3) is 0.714. The standard InChI is InChI=1S/C14H24N4O/c1-12(2)18-10-6-13(16-18)11-15-7-5-14(19)17-8-3-4-9-17/h6,10,12,15H,3-5,7-9,11H2,1-2H3. The average molecular weight is 264 g/mol. The van der Waals surface area contributed by atoms with Crippen molar-refractivity contribution in [3.8, 4) is 0 Å². The van der Waals surface area contributed by atoms with E-state index in [0.29, 0.717) is 12.5 Å². The van der Waals surface area contributed by atoms with Gasteiger partial charge in [0.25, 0.3) is 0 Å². The van der Waals surface area contributed by atoms with Crippen LogP contribution in [0.15, 0.2) is 12.3 Å². The van der Waals surface area contributed by atoms with Gasteiger partial charge in [0.15, 0.2) is 0 Å². The second-order valence-electron chi connectivity index (χ2n) is 5.40. The fourth-order valence-electron chi connectivity index (χ4n) is 2.30. The van der Waals surface area contributed by atoms with E-state index in [1.807, 2.05) is 21.8 Å². The first-order valence-electron chi connectivity index (χ1n) is 7.19. The van der Waals surface area contributed by atoms with Crippen molar-refractivity contribution in [1.29, 1.82) is 0 Å². The lowest BCUT2D eigenvalue weighted by Gasteiger charge is -2.14. The number of hydrogen-bond donors (Lipinski definition) is 1. The van der Waals surface area contributed by atoms with Crippen LogP contribution in [0.25, 0.3) is 0 Å². The van der Waals surface area contributed by atoms with E-state index in [4.69, 9.17) is 0 Å². The molecule has 0 aliphatic carbocycles. The van der Waals surface area contributed by atoms with E-state index in [2.05, 4.69) is 24.3 Å². The van der Waals surface area contributed by atoms with Crippen LogP contribution in [-0.2, 0) is 11.3 Å². The molecule has 106 valence electrons. The molecule has 1 saturated heterocycles. The molecule has 1 aromatic rings. The molecule has 1 fully saturated rings. The molecule has 1 aliphatic rings. The summed E-state index contributed by atoms with van der Waals surface area (Å²) in [6.45, 7) is 7.56. The molecule has 2 rings (SSSR count). The molecule has 1 amide bonds. The summed E-state index contributed by atoms with van der Waals surface area (Å²) < 4.78 is 1.95. The molecule has 1 N–H and O–H groups in total. The second-order valence-corrected chi connectivity index (χ2v) is 5.40. The van der Waals surface area contributed by atoms with Crippen molar-refractivity contribution in [2.75, 3.05) is 19.6 Å². The van der Waals surface area contributed by atoms with Gasteiger partial charge in [-0.25, -0.2) is 0 Å². The van der Waals surface area contributed by atoms with Gasteiger partial charge in [-0.3, -0.25) is 9.48 Å². The number of rotatable bonds is 6. The van der Waals surface area contributed by atoms with Crippen molar-refractivity contribution in [3.63, 3.8) is 0 Å². The Morgan fingerprint density at radius 2 is 2.16 bits per heavy atom. The van der Waals surface area contributed by atoms with Gasteiger partial charge in [0.2, 0.25) is 5.91 Å². The summed E-state index contributed by atoms with van der Waals surface area (Å²) >= 11 is 0. The third-order valence-electron chi connectivity index (χ3n) is 3.47. The fourth-order valence-corrected chi connectivity index (χ4v) is 2.30. The van der Waals surface area contributed by atoms with Crippen LogP contribution in [0, 0.1) is 0 Å². The Morgan fingerprint density at radius 3 is 2.79 bits per heavy atom. The summed E-state index contributed by atoms with van der Waals surface area (Å²) in [5.74, 6) is 0.276. The largest absolute Gasteiger partial charge is 0.343 e. The van der Waals surface area contributed by atoms with E-state index in [9.17, 15) is 4.79 Å². The third-order valence-corrected chi connectivity index (χ3v) is 3.47. The number of nitrogens with zero attached hydrogens (tertiary/aromatic N) is 3. The molecule has 0 aromatic carbocycles. The van der Waals surface area contributed by atoms with E-state index >= 15 is 0 Å². The lowest BCUT2D eigenvalue weighted by molar-refractivity contribution is -0.130. The molecule has 0 bridgehead atoms. The topological polar surface area (TPSA) is 50.2 Å². The van der Waals surface area contributed by atoms with Crippen LogP contribution in [0.2, 0.25) is 0 Å².